The van der Waals surface area contributed by atoms with Gasteiger partial charge < -0.3 is 9.47 Å². The number of nitrogens with zero attached hydrogens (tertiary/aromatic N) is 3. The van der Waals surface area contributed by atoms with Gasteiger partial charge in [0.15, 0.2) is 0 Å². The van der Waals surface area contributed by atoms with Gasteiger partial charge in [-0.2, -0.15) is 0 Å². The first-order valence-electron chi connectivity index (χ1n) is 12.3. The zero-order chi connectivity index (χ0) is 21.1. The van der Waals surface area contributed by atoms with Crippen LogP contribution in [0.3, 0.4) is 0 Å². The standard InChI is InChI=1S/C26H39N3O/c1-5-23(30)28-15-6-11-24(2)19(17-28)9-12-25(3)20-7-8-22(29-16-14-27-18-29)26(20,4)13-10-21(24)25/h8,14,16,18-21H,5-7,9-13,15,17H2,1-4H3/t19-,20-,21+,24-,25-,26-/m0/s1. The third-order valence-corrected chi connectivity index (χ3v) is 10.2. The molecule has 3 aliphatic carbocycles. The van der Waals surface area contributed by atoms with Crippen molar-refractivity contribution in [2.24, 2.45) is 34.0 Å². The van der Waals surface area contributed by atoms with Gasteiger partial charge in [0.1, 0.15) is 0 Å². The maximum Gasteiger partial charge on any atom is 0.222 e. The minimum atomic E-state index is 0.254. The molecule has 6 atom stereocenters. The normalized spacial score (nSPS) is 43.3. The molecule has 4 aliphatic rings. The first-order valence-corrected chi connectivity index (χ1v) is 12.3. The van der Waals surface area contributed by atoms with Gasteiger partial charge in [-0.15, -0.1) is 0 Å². The largest absolute Gasteiger partial charge is 0.342 e. The van der Waals surface area contributed by atoms with Crippen LogP contribution in [0, 0.1) is 34.0 Å². The zero-order valence-electron chi connectivity index (χ0n) is 19.4. The van der Waals surface area contributed by atoms with Crippen LogP contribution in [0.5, 0.6) is 0 Å². The van der Waals surface area contributed by atoms with Crippen molar-refractivity contribution in [2.75, 3.05) is 13.1 Å². The highest BCUT2D eigenvalue weighted by molar-refractivity contribution is 5.75. The average Bonchev–Trinajstić information content (AvgIpc) is 3.32. The number of imidazole rings is 1. The summed E-state index contributed by atoms with van der Waals surface area (Å²) in [4.78, 5) is 19.0. The van der Waals surface area contributed by atoms with Gasteiger partial charge in [-0.1, -0.05) is 33.8 Å². The summed E-state index contributed by atoms with van der Waals surface area (Å²) in [6.45, 7) is 11.7. The van der Waals surface area contributed by atoms with E-state index in [9.17, 15) is 4.79 Å². The summed E-state index contributed by atoms with van der Waals surface area (Å²) in [5, 5.41) is 0. The Morgan fingerprint density at radius 3 is 2.70 bits per heavy atom. The molecule has 30 heavy (non-hydrogen) atoms. The van der Waals surface area contributed by atoms with E-state index in [1.54, 1.807) is 0 Å². The van der Waals surface area contributed by atoms with Crippen molar-refractivity contribution in [3.8, 4) is 0 Å². The lowest BCUT2D eigenvalue weighted by Gasteiger charge is -2.64. The Morgan fingerprint density at radius 2 is 1.97 bits per heavy atom. The Hall–Kier alpha value is -1.58. The summed E-state index contributed by atoms with van der Waals surface area (Å²) in [5.74, 6) is 2.51. The van der Waals surface area contributed by atoms with Gasteiger partial charge in [0.2, 0.25) is 5.91 Å². The molecule has 1 aromatic heterocycles. The Morgan fingerprint density at radius 1 is 1.13 bits per heavy atom. The zero-order valence-corrected chi connectivity index (χ0v) is 19.4. The van der Waals surface area contributed by atoms with Crippen LogP contribution in [0.2, 0.25) is 0 Å². The highest BCUT2D eigenvalue weighted by atomic mass is 16.2. The highest BCUT2D eigenvalue weighted by Crippen LogP contribution is 2.70. The van der Waals surface area contributed by atoms with Gasteiger partial charge in [0.25, 0.3) is 0 Å². The molecule has 1 amide bonds. The van der Waals surface area contributed by atoms with Gasteiger partial charge >= 0.3 is 0 Å². The molecule has 0 unspecified atom stereocenters. The summed E-state index contributed by atoms with van der Waals surface area (Å²) in [5.41, 5.74) is 2.50. The maximum atomic E-state index is 12.5. The average molecular weight is 410 g/mol. The predicted octanol–water partition coefficient (Wildman–Crippen LogP) is 5.62. The molecule has 164 valence electrons. The van der Waals surface area contributed by atoms with Crippen molar-refractivity contribution in [3.63, 3.8) is 0 Å². The molecule has 5 rings (SSSR count). The monoisotopic (exact) mass is 409 g/mol. The van der Waals surface area contributed by atoms with Crippen molar-refractivity contribution >= 4 is 11.6 Å². The topological polar surface area (TPSA) is 38.1 Å². The molecule has 0 N–H and O–H groups in total. The number of hydrogen-bond donors (Lipinski definition) is 0. The molecule has 3 fully saturated rings. The van der Waals surface area contributed by atoms with Crippen LogP contribution >= 0.6 is 0 Å². The SMILES string of the molecule is CCC(=O)N1CCC[C@@]2(C)[C@@H](CC[C@]3(C)[C@@H]2CC[C@]2(C)C(n4ccnc4)=CC[C@@H]32)C1. The number of allylic oxidation sites excluding steroid dienone is 2. The van der Waals surface area contributed by atoms with Gasteiger partial charge in [-0.25, -0.2) is 4.98 Å². The first-order chi connectivity index (χ1) is 14.3. The van der Waals surface area contributed by atoms with Crippen molar-refractivity contribution in [1.82, 2.24) is 14.5 Å². The molecule has 4 nitrogen and oxygen atoms in total. The lowest BCUT2D eigenvalue weighted by atomic mass is 9.41. The maximum absolute atomic E-state index is 12.5. The fraction of sp³-hybridized carbons (Fsp3) is 0.769. The summed E-state index contributed by atoms with van der Waals surface area (Å²) in [7, 11) is 0. The van der Waals surface area contributed by atoms with Gasteiger partial charge in [0, 0.05) is 43.0 Å². The number of fused-ring (bicyclic) bond motifs is 5. The Balaban J connectivity index is 1.45. The molecule has 0 bridgehead atoms. The third kappa shape index (κ3) is 2.71. The second-order valence-electron chi connectivity index (χ2n) is 11.4. The number of likely N-dealkylation sites (tertiary alicyclic amines) is 1. The van der Waals surface area contributed by atoms with E-state index in [4.69, 9.17) is 0 Å². The number of rotatable bonds is 2. The summed E-state index contributed by atoms with van der Waals surface area (Å²) in [6, 6.07) is 0. The molecule has 0 spiro atoms. The van der Waals surface area contributed by atoms with Crippen LogP contribution in [0.15, 0.2) is 24.8 Å². The fourth-order valence-electron chi connectivity index (χ4n) is 8.69. The minimum Gasteiger partial charge on any atom is -0.342 e. The molecule has 4 heteroatoms. The van der Waals surface area contributed by atoms with Crippen LogP contribution in [0.25, 0.3) is 5.70 Å². The molecule has 0 aromatic carbocycles. The second kappa shape index (κ2) is 6.97. The molecule has 1 aromatic rings. The van der Waals surface area contributed by atoms with Crippen LogP contribution in [0.4, 0.5) is 0 Å². The van der Waals surface area contributed by atoms with Crippen LogP contribution in [-0.4, -0.2) is 33.4 Å². The molecular weight excluding hydrogens is 370 g/mol. The lowest BCUT2D eigenvalue weighted by molar-refractivity contribution is -0.145. The van der Waals surface area contributed by atoms with Gasteiger partial charge in [-0.05, 0) is 73.5 Å². The molecule has 1 aliphatic heterocycles. The van der Waals surface area contributed by atoms with E-state index in [1.165, 1.54) is 50.6 Å². The van der Waals surface area contributed by atoms with E-state index in [0.29, 0.717) is 29.1 Å². The van der Waals surface area contributed by atoms with Crippen LogP contribution in [0.1, 0.15) is 79.1 Å². The number of amides is 1. The van der Waals surface area contributed by atoms with Crippen molar-refractivity contribution < 1.29 is 4.79 Å². The minimum absolute atomic E-state index is 0.254. The van der Waals surface area contributed by atoms with E-state index in [1.807, 2.05) is 19.4 Å². The Labute approximate surface area is 182 Å². The fourth-order valence-corrected chi connectivity index (χ4v) is 8.69. The van der Waals surface area contributed by atoms with Crippen molar-refractivity contribution in [1.29, 1.82) is 0 Å². The van der Waals surface area contributed by atoms with E-state index in [2.05, 4.69) is 47.5 Å². The summed E-state index contributed by atoms with van der Waals surface area (Å²) >= 11 is 0. The highest BCUT2D eigenvalue weighted by Gasteiger charge is 2.63. The number of aromatic nitrogens is 2. The van der Waals surface area contributed by atoms with Gasteiger partial charge in [0.05, 0.1) is 6.33 Å². The molecule has 1 saturated heterocycles. The Bertz CT molecular complexity index is 844. The van der Waals surface area contributed by atoms with Crippen molar-refractivity contribution in [2.45, 2.75) is 79.1 Å². The van der Waals surface area contributed by atoms with E-state index < -0.39 is 0 Å². The number of carbonyl (C=O) groups excluding carboxylic acids is 1. The molecular formula is C26H39N3O. The van der Waals surface area contributed by atoms with Crippen LogP contribution < -0.4 is 0 Å². The summed E-state index contributed by atoms with van der Waals surface area (Å²) < 4.78 is 2.27. The van der Waals surface area contributed by atoms with Crippen LogP contribution in [-0.2, 0) is 4.79 Å². The first kappa shape index (κ1) is 20.3. The number of hydrogen-bond acceptors (Lipinski definition) is 2. The number of carbonyl (C=O) groups is 1. The smallest absolute Gasteiger partial charge is 0.222 e. The van der Waals surface area contributed by atoms with E-state index in [0.717, 1.165) is 24.9 Å². The van der Waals surface area contributed by atoms with Crippen molar-refractivity contribution in [3.05, 3.63) is 24.8 Å². The molecule has 2 heterocycles. The van der Waals surface area contributed by atoms with Gasteiger partial charge in [-0.3, -0.25) is 4.79 Å². The lowest BCUT2D eigenvalue weighted by Crippen LogP contribution is -2.58. The molecule has 0 radical (unpaired) electrons. The predicted molar refractivity (Wildman–Crippen MR) is 120 cm³/mol. The Kier molecular flexibility index (Phi) is 4.72. The van der Waals surface area contributed by atoms with E-state index in [-0.39, 0.29) is 5.41 Å². The molecule has 2 saturated carbocycles. The third-order valence-electron chi connectivity index (χ3n) is 10.2. The second-order valence-corrected chi connectivity index (χ2v) is 11.4. The van der Waals surface area contributed by atoms with E-state index >= 15 is 0 Å². The quantitative estimate of drug-likeness (QED) is 0.636. The summed E-state index contributed by atoms with van der Waals surface area (Å²) in [6.07, 6.45) is 18.0.